The molecule has 0 aliphatic carbocycles. The highest BCUT2D eigenvalue weighted by molar-refractivity contribution is 5.92. The molecule has 0 saturated carbocycles. The van der Waals surface area contributed by atoms with Crippen LogP contribution in [0.2, 0.25) is 0 Å². The zero-order chi connectivity index (χ0) is 13.0. The number of benzene rings is 1. The molecule has 1 aromatic heterocycles. The maximum Gasteiger partial charge on any atom is 0.270 e. The van der Waals surface area contributed by atoms with Crippen molar-refractivity contribution in [1.82, 2.24) is 10.3 Å². The molecule has 0 bridgehead atoms. The highest BCUT2D eigenvalue weighted by Crippen LogP contribution is 2.19. The van der Waals surface area contributed by atoms with Crippen LogP contribution >= 0.6 is 0 Å². The van der Waals surface area contributed by atoms with Crippen molar-refractivity contribution in [3.05, 3.63) is 59.9 Å². The lowest BCUT2D eigenvalue weighted by atomic mass is 10.1. The van der Waals surface area contributed by atoms with E-state index in [2.05, 4.69) is 10.3 Å². The van der Waals surface area contributed by atoms with E-state index in [1.807, 2.05) is 31.2 Å². The van der Waals surface area contributed by atoms with Crippen LogP contribution in [0.15, 0.2) is 48.7 Å². The van der Waals surface area contributed by atoms with Gasteiger partial charge >= 0.3 is 0 Å². The lowest BCUT2D eigenvalue weighted by Gasteiger charge is -2.15. The van der Waals surface area contributed by atoms with Crippen molar-refractivity contribution in [3.63, 3.8) is 0 Å². The highest BCUT2D eigenvalue weighted by atomic mass is 16.1. The molecule has 1 amide bonds. The number of hydrogen-bond donors (Lipinski definition) is 2. The Morgan fingerprint density at radius 3 is 2.61 bits per heavy atom. The van der Waals surface area contributed by atoms with Gasteiger partial charge in [0.15, 0.2) is 0 Å². The Bertz CT molecular complexity index is 540. The highest BCUT2D eigenvalue weighted by Gasteiger charge is 2.13. The lowest BCUT2D eigenvalue weighted by molar-refractivity contribution is 0.0935. The predicted molar refractivity (Wildman–Crippen MR) is 71.0 cm³/mol. The van der Waals surface area contributed by atoms with E-state index in [9.17, 15) is 4.79 Å². The molecule has 2 rings (SSSR count). The molecule has 1 atom stereocenters. The number of nitrogens with one attached hydrogen (secondary N) is 1. The first kappa shape index (κ1) is 12.1. The molecule has 4 nitrogen and oxygen atoms in total. The number of nitrogen functional groups attached to an aromatic ring is 1. The molecule has 2 aromatic rings. The second kappa shape index (κ2) is 5.31. The first-order chi connectivity index (χ1) is 8.68. The average Bonchev–Trinajstić information content (AvgIpc) is 2.40. The number of hydrogen-bond acceptors (Lipinski definition) is 3. The largest absolute Gasteiger partial charge is 0.398 e. The molecule has 1 aromatic carbocycles. The van der Waals surface area contributed by atoms with Gasteiger partial charge in [-0.15, -0.1) is 0 Å². The third-order valence-electron chi connectivity index (χ3n) is 2.71. The van der Waals surface area contributed by atoms with Crippen LogP contribution < -0.4 is 11.1 Å². The van der Waals surface area contributed by atoms with Gasteiger partial charge in [0.05, 0.1) is 6.04 Å². The smallest absolute Gasteiger partial charge is 0.270 e. The average molecular weight is 241 g/mol. The Morgan fingerprint density at radius 2 is 1.94 bits per heavy atom. The fraction of sp³-hybridized carbons (Fsp3) is 0.143. The number of amides is 1. The fourth-order valence-electron chi connectivity index (χ4n) is 1.75. The number of nitrogens with two attached hydrogens (primary N) is 1. The Labute approximate surface area is 106 Å². The SMILES string of the molecule is CC(NC(=O)c1ccccn1)c1ccccc1N. The van der Waals surface area contributed by atoms with Crippen molar-refractivity contribution < 1.29 is 4.79 Å². The summed E-state index contributed by atoms with van der Waals surface area (Å²) in [6.45, 7) is 1.90. The molecular formula is C14H15N3O. The minimum atomic E-state index is -0.202. The molecule has 0 aliphatic heterocycles. The fourth-order valence-corrected chi connectivity index (χ4v) is 1.75. The van der Waals surface area contributed by atoms with E-state index < -0.39 is 0 Å². The summed E-state index contributed by atoms with van der Waals surface area (Å²) in [6, 6.07) is 12.6. The molecule has 0 spiro atoms. The van der Waals surface area contributed by atoms with Crippen LogP contribution in [0.1, 0.15) is 29.0 Å². The van der Waals surface area contributed by atoms with E-state index >= 15 is 0 Å². The summed E-state index contributed by atoms with van der Waals surface area (Å²) >= 11 is 0. The van der Waals surface area contributed by atoms with Crippen LogP contribution in [-0.2, 0) is 0 Å². The van der Waals surface area contributed by atoms with Gasteiger partial charge < -0.3 is 11.1 Å². The van der Waals surface area contributed by atoms with Crippen molar-refractivity contribution in [1.29, 1.82) is 0 Å². The standard InChI is InChI=1S/C14H15N3O/c1-10(11-6-2-3-7-12(11)15)17-14(18)13-8-4-5-9-16-13/h2-10H,15H2,1H3,(H,17,18). The summed E-state index contributed by atoms with van der Waals surface area (Å²) in [7, 11) is 0. The van der Waals surface area contributed by atoms with Crippen LogP contribution in [0, 0.1) is 0 Å². The summed E-state index contributed by atoms with van der Waals surface area (Å²) in [5, 5.41) is 2.87. The van der Waals surface area contributed by atoms with Crippen molar-refractivity contribution in [2.45, 2.75) is 13.0 Å². The lowest BCUT2D eigenvalue weighted by Crippen LogP contribution is -2.27. The number of pyridine rings is 1. The third-order valence-corrected chi connectivity index (χ3v) is 2.71. The number of para-hydroxylation sites is 1. The van der Waals surface area contributed by atoms with E-state index in [0.29, 0.717) is 11.4 Å². The van der Waals surface area contributed by atoms with Crippen molar-refractivity contribution in [2.24, 2.45) is 0 Å². The van der Waals surface area contributed by atoms with Gasteiger partial charge in [-0.1, -0.05) is 24.3 Å². The zero-order valence-corrected chi connectivity index (χ0v) is 10.1. The van der Waals surface area contributed by atoms with Crippen LogP contribution in [0.25, 0.3) is 0 Å². The van der Waals surface area contributed by atoms with Crippen LogP contribution in [0.5, 0.6) is 0 Å². The first-order valence-electron chi connectivity index (χ1n) is 5.75. The van der Waals surface area contributed by atoms with E-state index in [0.717, 1.165) is 5.56 Å². The van der Waals surface area contributed by atoms with E-state index in [4.69, 9.17) is 5.73 Å². The number of nitrogens with zero attached hydrogens (tertiary/aromatic N) is 1. The summed E-state index contributed by atoms with van der Waals surface area (Å²) in [6.07, 6.45) is 1.59. The maximum absolute atomic E-state index is 11.9. The van der Waals surface area contributed by atoms with E-state index in [1.54, 1.807) is 24.4 Å². The number of anilines is 1. The van der Waals surface area contributed by atoms with Crippen molar-refractivity contribution in [2.75, 3.05) is 5.73 Å². The monoisotopic (exact) mass is 241 g/mol. The normalized spacial score (nSPS) is 11.8. The van der Waals surface area contributed by atoms with Crippen LogP contribution in [0.4, 0.5) is 5.69 Å². The second-order valence-electron chi connectivity index (χ2n) is 4.04. The Hall–Kier alpha value is -2.36. The summed E-state index contributed by atoms with van der Waals surface area (Å²) in [5.41, 5.74) is 7.85. The number of rotatable bonds is 3. The van der Waals surface area contributed by atoms with Gasteiger partial charge in [-0.25, -0.2) is 0 Å². The molecule has 1 unspecified atom stereocenters. The van der Waals surface area contributed by atoms with Gasteiger partial charge in [0, 0.05) is 11.9 Å². The molecular weight excluding hydrogens is 226 g/mol. The van der Waals surface area contributed by atoms with Gasteiger partial charge in [-0.2, -0.15) is 0 Å². The van der Waals surface area contributed by atoms with Crippen molar-refractivity contribution >= 4 is 11.6 Å². The third kappa shape index (κ3) is 2.66. The molecule has 18 heavy (non-hydrogen) atoms. The topological polar surface area (TPSA) is 68.0 Å². The molecule has 4 heteroatoms. The number of carbonyl (C=O) groups is 1. The molecule has 3 N–H and O–H groups in total. The van der Waals surface area contributed by atoms with Crippen LogP contribution in [-0.4, -0.2) is 10.9 Å². The molecule has 0 aliphatic rings. The maximum atomic E-state index is 11.9. The van der Waals surface area contributed by atoms with Crippen molar-refractivity contribution in [3.8, 4) is 0 Å². The van der Waals surface area contributed by atoms with Gasteiger partial charge in [-0.05, 0) is 30.7 Å². The summed E-state index contributed by atoms with van der Waals surface area (Å²) < 4.78 is 0. The number of carbonyl (C=O) groups excluding carboxylic acids is 1. The Kier molecular flexibility index (Phi) is 3.57. The number of aromatic nitrogens is 1. The summed E-state index contributed by atoms with van der Waals surface area (Å²) in [4.78, 5) is 15.9. The van der Waals surface area contributed by atoms with Gasteiger partial charge in [-0.3, -0.25) is 9.78 Å². The predicted octanol–water partition coefficient (Wildman–Crippen LogP) is 2.15. The Balaban J connectivity index is 2.11. The first-order valence-corrected chi connectivity index (χ1v) is 5.75. The molecule has 1 heterocycles. The van der Waals surface area contributed by atoms with E-state index in [1.165, 1.54) is 0 Å². The van der Waals surface area contributed by atoms with Gasteiger partial charge in [0.1, 0.15) is 5.69 Å². The van der Waals surface area contributed by atoms with Gasteiger partial charge in [0.25, 0.3) is 5.91 Å². The van der Waals surface area contributed by atoms with Crippen LogP contribution in [0.3, 0.4) is 0 Å². The molecule has 0 fully saturated rings. The minimum Gasteiger partial charge on any atom is -0.398 e. The van der Waals surface area contributed by atoms with Gasteiger partial charge in [0.2, 0.25) is 0 Å². The summed E-state index contributed by atoms with van der Waals surface area (Å²) in [5.74, 6) is -0.202. The second-order valence-corrected chi connectivity index (χ2v) is 4.04. The minimum absolute atomic E-state index is 0.152. The van der Waals surface area contributed by atoms with E-state index in [-0.39, 0.29) is 11.9 Å². The zero-order valence-electron chi connectivity index (χ0n) is 10.1. The quantitative estimate of drug-likeness (QED) is 0.809. The molecule has 0 saturated heterocycles. The molecule has 0 radical (unpaired) electrons. The molecule has 92 valence electrons. The Morgan fingerprint density at radius 1 is 1.22 bits per heavy atom.